The Hall–Kier alpha value is -1.44. The molecule has 0 heterocycles. The smallest absolute Gasteiger partial charge is 0.333 e. The highest BCUT2D eigenvalue weighted by Gasteiger charge is 2.35. The molecule has 3 N–H and O–H groups in total. The Morgan fingerprint density at radius 2 is 2.06 bits per heavy atom. The van der Waals surface area contributed by atoms with Gasteiger partial charge >= 0.3 is 11.9 Å². The first-order valence-corrected chi connectivity index (χ1v) is 5.40. The maximum atomic E-state index is 11.3. The summed E-state index contributed by atoms with van der Waals surface area (Å²) in [5, 5.41) is 27.9. The number of hydrogen-bond donors (Lipinski definition) is 3. The molecule has 7 nitrogen and oxygen atoms in total. The van der Waals surface area contributed by atoms with Gasteiger partial charge in [0, 0.05) is 12.0 Å². The van der Waals surface area contributed by atoms with E-state index in [9.17, 15) is 19.8 Å². The van der Waals surface area contributed by atoms with Gasteiger partial charge < -0.3 is 24.8 Å². The van der Waals surface area contributed by atoms with E-state index in [0.29, 0.717) is 0 Å². The Kier molecular flexibility index (Phi) is 4.83. The lowest BCUT2D eigenvalue weighted by Gasteiger charge is -2.31. The van der Waals surface area contributed by atoms with Gasteiger partial charge in [0.05, 0.1) is 13.2 Å². The molecule has 0 spiro atoms. The van der Waals surface area contributed by atoms with Gasteiger partial charge in [-0.05, 0) is 13.0 Å². The molecule has 1 rings (SSSR count). The van der Waals surface area contributed by atoms with Crippen molar-refractivity contribution >= 4 is 11.9 Å². The van der Waals surface area contributed by atoms with E-state index in [4.69, 9.17) is 9.84 Å². The van der Waals surface area contributed by atoms with Crippen molar-refractivity contribution < 1.29 is 34.4 Å². The molecule has 0 radical (unpaired) electrons. The maximum Gasteiger partial charge on any atom is 0.333 e. The summed E-state index contributed by atoms with van der Waals surface area (Å²) in [7, 11) is 1.19. The van der Waals surface area contributed by atoms with E-state index in [2.05, 4.69) is 4.74 Å². The molecule has 0 saturated carbocycles. The van der Waals surface area contributed by atoms with Gasteiger partial charge in [0.15, 0.2) is 6.10 Å². The fourth-order valence-corrected chi connectivity index (χ4v) is 1.66. The number of hydrogen-bond acceptors (Lipinski definition) is 6. The van der Waals surface area contributed by atoms with Gasteiger partial charge in [-0.1, -0.05) is 0 Å². The SMILES string of the molecule is COC(=O)C1=C[C@H](O)[C@H](O)[C@@H](O[C@H](C)C(=O)O)C1. The van der Waals surface area contributed by atoms with E-state index in [1.54, 1.807) is 0 Å². The monoisotopic (exact) mass is 260 g/mol. The van der Waals surface area contributed by atoms with E-state index in [0.717, 1.165) is 0 Å². The summed E-state index contributed by atoms with van der Waals surface area (Å²) in [5.74, 6) is -1.83. The summed E-state index contributed by atoms with van der Waals surface area (Å²) in [6.45, 7) is 1.30. The molecule has 0 unspecified atom stereocenters. The van der Waals surface area contributed by atoms with Crippen LogP contribution in [0.5, 0.6) is 0 Å². The number of aliphatic hydroxyl groups is 2. The van der Waals surface area contributed by atoms with Gasteiger partial charge in [-0.15, -0.1) is 0 Å². The lowest BCUT2D eigenvalue weighted by Crippen LogP contribution is -2.45. The largest absolute Gasteiger partial charge is 0.479 e. The average Bonchev–Trinajstić information content (AvgIpc) is 2.33. The first kappa shape index (κ1) is 14.6. The zero-order chi connectivity index (χ0) is 13.9. The standard InChI is InChI=1S/C11H16O7/c1-5(10(14)15)18-8-4-6(11(16)17-2)3-7(12)9(8)13/h3,5,7-9,12-13H,4H2,1-2H3,(H,14,15)/t5-,7+,8+,9+/m1/s1. The number of carboxylic acid groups (broad SMARTS) is 1. The lowest BCUT2D eigenvalue weighted by atomic mass is 9.92. The van der Waals surface area contributed by atoms with Crippen LogP contribution in [0.4, 0.5) is 0 Å². The molecule has 0 aliphatic heterocycles. The molecule has 102 valence electrons. The normalized spacial score (nSPS) is 29.3. The third-order valence-corrected chi connectivity index (χ3v) is 2.70. The van der Waals surface area contributed by atoms with Crippen molar-refractivity contribution in [3.8, 4) is 0 Å². The van der Waals surface area contributed by atoms with Gasteiger partial charge in [0.1, 0.15) is 12.2 Å². The number of ether oxygens (including phenoxy) is 2. The van der Waals surface area contributed by atoms with Crippen LogP contribution >= 0.6 is 0 Å². The minimum atomic E-state index is -1.29. The van der Waals surface area contributed by atoms with Gasteiger partial charge in [0.25, 0.3) is 0 Å². The Morgan fingerprint density at radius 1 is 1.44 bits per heavy atom. The summed E-state index contributed by atoms with van der Waals surface area (Å²) in [4.78, 5) is 22.0. The second-order valence-corrected chi connectivity index (χ2v) is 4.02. The molecule has 1 aliphatic carbocycles. The van der Waals surface area contributed by atoms with Crippen LogP contribution in [0.1, 0.15) is 13.3 Å². The number of carbonyl (C=O) groups excluding carboxylic acids is 1. The highest BCUT2D eigenvalue weighted by molar-refractivity contribution is 5.88. The Morgan fingerprint density at radius 3 is 2.56 bits per heavy atom. The predicted octanol–water partition coefficient (Wildman–Crippen LogP) is -0.930. The van der Waals surface area contributed by atoms with Crippen LogP contribution in [0.15, 0.2) is 11.6 Å². The van der Waals surface area contributed by atoms with Gasteiger partial charge in [-0.3, -0.25) is 0 Å². The van der Waals surface area contributed by atoms with Crippen molar-refractivity contribution in [2.24, 2.45) is 0 Å². The quantitative estimate of drug-likeness (QED) is 0.559. The fraction of sp³-hybridized carbons (Fsp3) is 0.636. The first-order valence-electron chi connectivity index (χ1n) is 5.40. The molecule has 1 aliphatic rings. The molecule has 18 heavy (non-hydrogen) atoms. The number of rotatable bonds is 4. The number of carboxylic acids is 1. The van der Waals surface area contributed by atoms with Crippen LogP contribution in [0.3, 0.4) is 0 Å². The van der Waals surface area contributed by atoms with E-state index < -0.39 is 36.4 Å². The second-order valence-electron chi connectivity index (χ2n) is 4.02. The van der Waals surface area contributed by atoms with Crippen molar-refractivity contribution in [1.82, 2.24) is 0 Å². The molecule has 7 heteroatoms. The van der Waals surface area contributed by atoms with Gasteiger partial charge in [-0.2, -0.15) is 0 Å². The Labute approximate surface area is 104 Å². The van der Waals surface area contributed by atoms with Crippen molar-refractivity contribution in [1.29, 1.82) is 0 Å². The molecule has 0 aromatic heterocycles. The number of aliphatic hydroxyl groups excluding tert-OH is 2. The zero-order valence-corrected chi connectivity index (χ0v) is 10.1. The highest BCUT2D eigenvalue weighted by atomic mass is 16.5. The molecular formula is C11H16O7. The summed E-state index contributed by atoms with van der Waals surface area (Å²) in [6, 6.07) is 0. The van der Waals surface area contributed by atoms with Crippen molar-refractivity contribution in [3.63, 3.8) is 0 Å². The maximum absolute atomic E-state index is 11.3. The first-order chi connectivity index (χ1) is 8.36. The molecule has 0 aromatic carbocycles. The van der Waals surface area contributed by atoms with Crippen molar-refractivity contribution in [3.05, 3.63) is 11.6 Å². The number of esters is 1. The average molecular weight is 260 g/mol. The van der Waals surface area contributed by atoms with Crippen molar-refractivity contribution in [2.75, 3.05) is 7.11 Å². The van der Waals surface area contributed by atoms with Crippen LogP contribution in [-0.4, -0.2) is 58.8 Å². The summed E-state index contributed by atoms with van der Waals surface area (Å²) >= 11 is 0. The minimum Gasteiger partial charge on any atom is -0.479 e. The second kappa shape index (κ2) is 5.94. The summed E-state index contributed by atoms with van der Waals surface area (Å²) < 4.78 is 9.60. The van der Waals surface area contributed by atoms with Gasteiger partial charge in [-0.25, -0.2) is 9.59 Å². The topological polar surface area (TPSA) is 113 Å². The van der Waals surface area contributed by atoms with E-state index in [-0.39, 0.29) is 12.0 Å². The highest BCUT2D eigenvalue weighted by Crippen LogP contribution is 2.24. The lowest BCUT2D eigenvalue weighted by molar-refractivity contribution is -0.162. The number of carbonyl (C=O) groups is 2. The van der Waals surface area contributed by atoms with Gasteiger partial charge in [0.2, 0.25) is 0 Å². The van der Waals surface area contributed by atoms with Crippen LogP contribution in [0.2, 0.25) is 0 Å². The van der Waals surface area contributed by atoms with Crippen LogP contribution in [0.25, 0.3) is 0 Å². The molecule has 0 amide bonds. The third kappa shape index (κ3) is 3.28. The molecule has 0 saturated heterocycles. The molecule has 0 fully saturated rings. The Bertz CT molecular complexity index is 362. The fourth-order valence-electron chi connectivity index (χ4n) is 1.66. The van der Waals surface area contributed by atoms with E-state index >= 15 is 0 Å². The molecule has 0 bridgehead atoms. The van der Waals surface area contributed by atoms with Crippen LogP contribution in [0, 0.1) is 0 Å². The van der Waals surface area contributed by atoms with E-state index in [1.165, 1.54) is 20.1 Å². The third-order valence-electron chi connectivity index (χ3n) is 2.70. The predicted molar refractivity (Wildman–Crippen MR) is 58.7 cm³/mol. The molecule has 0 aromatic rings. The zero-order valence-electron chi connectivity index (χ0n) is 10.1. The molecular weight excluding hydrogens is 244 g/mol. The number of methoxy groups -OCH3 is 1. The summed E-state index contributed by atoms with van der Waals surface area (Å²) in [5.41, 5.74) is 0.151. The van der Waals surface area contributed by atoms with Crippen LogP contribution < -0.4 is 0 Å². The van der Waals surface area contributed by atoms with E-state index in [1.807, 2.05) is 0 Å². The van der Waals surface area contributed by atoms with Crippen LogP contribution in [-0.2, 0) is 19.1 Å². The Balaban J connectivity index is 2.79. The minimum absolute atomic E-state index is 0.0114. The summed E-state index contributed by atoms with van der Waals surface area (Å²) in [6.07, 6.45) is -3.51. The molecule has 4 atom stereocenters. The van der Waals surface area contributed by atoms with Crippen molar-refractivity contribution in [2.45, 2.75) is 37.8 Å². The number of aliphatic carboxylic acids is 1.